The SMILES string of the molecule is CC(Nc1nccn(C2CC2)c1=O)C(C)(C)C. The molecule has 1 aliphatic carbocycles. The van der Waals surface area contributed by atoms with Gasteiger partial charge in [0.2, 0.25) is 0 Å². The number of rotatable bonds is 3. The molecule has 1 saturated carbocycles. The molecular formula is C13H21N3O. The normalized spacial score (nSPS) is 17.9. The third-order valence-corrected chi connectivity index (χ3v) is 3.46. The van der Waals surface area contributed by atoms with Crippen LogP contribution in [0.2, 0.25) is 0 Å². The Hall–Kier alpha value is -1.32. The number of nitrogens with one attached hydrogen (secondary N) is 1. The largest absolute Gasteiger partial charge is 0.362 e. The average Bonchev–Trinajstić information content (AvgIpc) is 3.03. The molecule has 1 fully saturated rings. The van der Waals surface area contributed by atoms with Gasteiger partial charge in [-0.15, -0.1) is 0 Å². The van der Waals surface area contributed by atoms with Crippen LogP contribution in [0, 0.1) is 5.41 Å². The molecule has 0 radical (unpaired) electrons. The Kier molecular flexibility index (Phi) is 2.98. The highest BCUT2D eigenvalue weighted by Crippen LogP contribution is 2.33. The van der Waals surface area contributed by atoms with Gasteiger partial charge in [0.15, 0.2) is 5.82 Å². The highest BCUT2D eigenvalue weighted by atomic mass is 16.1. The van der Waals surface area contributed by atoms with Crippen LogP contribution in [0.1, 0.15) is 46.6 Å². The molecule has 1 aromatic rings. The summed E-state index contributed by atoms with van der Waals surface area (Å²) in [4.78, 5) is 16.3. The van der Waals surface area contributed by atoms with E-state index in [4.69, 9.17) is 0 Å². The van der Waals surface area contributed by atoms with Crippen molar-refractivity contribution in [3.8, 4) is 0 Å². The molecule has 1 N–H and O–H groups in total. The van der Waals surface area contributed by atoms with E-state index in [-0.39, 0.29) is 17.0 Å². The maximum atomic E-state index is 12.2. The fraction of sp³-hybridized carbons (Fsp3) is 0.692. The fourth-order valence-electron chi connectivity index (χ4n) is 1.59. The van der Waals surface area contributed by atoms with Gasteiger partial charge < -0.3 is 9.88 Å². The highest BCUT2D eigenvalue weighted by molar-refractivity contribution is 5.33. The van der Waals surface area contributed by atoms with E-state index in [2.05, 4.69) is 38.0 Å². The van der Waals surface area contributed by atoms with Crippen LogP contribution in [0.3, 0.4) is 0 Å². The summed E-state index contributed by atoms with van der Waals surface area (Å²) in [6.45, 7) is 8.52. The summed E-state index contributed by atoms with van der Waals surface area (Å²) in [5.41, 5.74) is 0.111. The Morgan fingerprint density at radius 2 is 2.12 bits per heavy atom. The lowest BCUT2D eigenvalue weighted by Gasteiger charge is -2.28. The predicted molar refractivity (Wildman–Crippen MR) is 69.3 cm³/mol. The summed E-state index contributed by atoms with van der Waals surface area (Å²) in [6, 6.07) is 0.605. The second kappa shape index (κ2) is 4.17. The summed E-state index contributed by atoms with van der Waals surface area (Å²) >= 11 is 0. The van der Waals surface area contributed by atoms with Crippen LogP contribution in [0.5, 0.6) is 0 Å². The van der Waals surface area contributed by atoms with E-state index >= 15 is 0 Å². The molecular weight excluding hydrogens is 214 g/mol. The van der Waals surface area contributed by atoms with Gasteiger partial charge in [0.05, 0.1) is 0 Å². The van der Waals surface area contributed by atoms with Gasteiger partial charge in [-0.2, -0.15) is 0 Å². The van der Waals surface area contributed by atoms with Crippen LogP contribution in [-0.2, 0) is 0 Å². The van der Waals surface area contributed by atoms with Gasteiger partial charge in [0, 0.05) is 24.5 Å². The molecule has 0 saturated heterocycles. The zero-order chi connectivity index (χ0) is 12.6. The summed E-state index contributed by atoms with van der Waals surface area (Å²) < 4.78 is 1.80. The van der Waals surface area contributed by atoms with Gasteiger partial charge in [0.25, 0.3) is 5.56 Å². The van der Waals surface area contributed by atoms with Crippen LogP contribution >= 0.6 is 0 Å². The lowest BCUT2D eigenvalue weighted by atomic mass is 9.88. The molecule has 1 unspecified atom stereocenters. The average molecular weight is 235 g/mol. The Labute approximate surface area is 102 Å². The van der Waals surface area contributed by atoms with Crippen LogP contribution in [-0.4, -0.2) is 15.6 Å². The molecule has 17 heavy (non-hydrogen) atoms. The summed E-state index contributed by atoms with van der Waals surface area (Å²) in [5.74, 6) is 0.474. The minimum absolute atomic E-state index is 0.00565. The Morgan fingerprint density at radius 3 is 2.65 bits per heavy atom. The smallest absolute Gasteiger partial charge is 0.293 e. The van der Waals surface area contributed by atoms with Gasteiger partial charge in [-0.25, -0.2) is 4.98 Å². The van der Waals surface area contributed by atoms with Crippen molar-refractivity contribution >= 4 is 5.82 Å². The third kappa shape index (κ3) is 2.68. The quantitative estimate of drug-likeness (QED) is 0.875. The van der Waals surface area contributed by atoms with Crippen molar-refractivity contribution in [2.45, 2.75) is 52.6 Å². The van der Waals surface area contributed by atoms with Crippen LogP contribution in [0.15, 0.2) is 17.2 Å². The van der Waals surface area contributed by atoms with Crippen molar-refractivity contribution in [1.29, 1.82) is 0 Å². The lowest BCUT2D eigenvalue weighted by Crippen LogP contribution is -2.35. The number of aromatic nitrogens is 2. The monoisotopic (exact) mass is 235 g/mol. The fourth-order valence-corrected chi connectivity index (χ4v) is 1.59. The van der Waals surface area contributed by atoms with Gasteiger partial charge in [0.1, 0.15) is 0 Å². The van der Waals surface area contributed by atoms with Crippen molar-refractivity contribution in [2.24, 2.45) is 5.41 Å². The predicted octanol–water partition coefficient (Wildman–Crippen LogP) is 2.42. The summed E-state index contributed by atoms with van der Waals surface area (Å²) in [6.07, 6.45) is 5.71. The van der Waals surface area contributed by atoms with E-state index in [0.29, 0.717) is 11.9 Å². The van der Waals surface area contributed by atoms with E-state index in [0.717, 1.165) is 12.8 Å². The summed E-state index contributed by atoms with van der Waals surface area (Å²) in [7, 11) is 0. The second-order valence-corrected chi connectivity index (χ2v) is 5.95. The van der Waals surface area contributed by atoms with E-state index in [1.807, 2.05) is 0 Å². The molecule has 1 atom stereocenters. The molecule has 4 nitrogen and oxygen atoms in total. The molecule has 0 aliphatic heterocycles. The molecule has 1 aromatic heterocycles. The van der Waals surface area contributed by atoms with Crippen LogP contribution in [0.25, 0.3) is 0 Å². The molecule has 1 aliphatic rings. The topological polar surface area (TPSA) is 46.9 Å². The standard InChI is InChI=1S/C13H21N3O/c1-9(13(2,3)4)15-11-12(17)16(8-7-14-11)10-5-6-10/h7-10H,5-6H2,1-4H3,(H,14,15). The zero-order valence-corrected chi connectivity index (χ0v) is 11.0. The Bertz CT molecular complexity index is 454. The van der Waals surface area contributed by atoms with Gasteiger partial charge >= 0.3 is 0 Å². The molecule has 0 spiro atoms. The van der Waals surface area contributed by atoms with Gasteiger partial charge in [-0.1, -0.05) is 20.8 Å². The first-order valence-corrected chi connectivity index (χ1v) is 6.23. The molecule has 0 aromatic carbocycles. The van der Waals surface area contributed by atoms with Crippen molar-refractivity contribution in [2.75, 3.05) is 5.32 Å². The molecule has 0 amide bonds. The van der Waals surface area contributed by atoms with E-state index in [9.17, 15) is 4.79 Å². The minimum Gasteiger partial charge on any atom is -0.362 e. The molecule has 94 valence electrons. The highest BCUT2D eigenvalue weighted by Gasteiger charge is 2.26. The van der Waals surface area contributed by atoms with Gasteiger partial charge in [-0.3, -0.25) is 4.79 Å². The van der Waals surface area contributed by atoms with Crippen molar-refractivity contribution < 1.29 is 0 Å². The first-order valence-electron chi connectivity index (χ1n) is 6.23. The molecule has 2 rings (SSSR count). The molecule has 4 heteroatoms. The third-order valence-electron chi connectivity index (χ3n) is 3.46. The second-order valence-electron chi connectivity index (χ2n) is 5.95. The zero-order valence-electron chi connectivity index (χ0n) is 11.0. The van der Waals surface area contributed by atoms with Crippen molar-refractivity contribution in [3.05, 3.63) is 22.7 Å². The van der Waals surface area contributed by atoms with E-state index < -0.39 is 0 Å². The van der Waals surface area contributed by atoms with E-state index in [1.54, 1.807) is 17.0 Å². The molecule has 0 bridgehead atoms. The lowest BCUT2D eigenvalue weighted by molar-refractivity contribution is 0.358. The Morgan fingerprint density at radius 1 is 1.47 bits per heavy atom. The maximum absolute atomic E-state index is 12.2. The number of hydrogen-bond donors (Lipinski definition) is 1. The summed E-state index contributed by atoms with van der Waals surface area (Å²) in [5, 5.41) is 3.23. The first-order chi connectivity index (χ1) is 7.89. The maximum Gasteiger partial charge on any atom is 0.293 e. The minimum atomic E-state index is 0.00565. The van der Waals surface area contributed by atoms with E-state index in [1.165, 1.54) is 0 Å². The van der Waals surface area contributed by atoms with Crippen LogP contribution < -0.4 is 10.9 Å². The molecule has 1 heterocycles. The number of nitrogens with zero attached hydrogens (tertiary/aromatic N) is 2. The first kappa shape index (κ1) is 12.1. The Balaban J connectivity index is 2.22. The van der Waals surface area contributed by atoms with Crippen molar-refractivity contribution in [1.82, 2.24) is 9.55 Å². The van der Waals surface area contributed by atoms with Gasteiger partial charge in [-0.05, 0) is 25.2 Å². The number of hydrogen-bond acceptors (Lipinski definition) is 3. The van der Waals surface area contributed by atoms with Crippen molar-refractivity contribution in [3.63, 3.8) is 0 Å². The number of anilines is 1. The van der Waals surface area contributed by atoms with Crippen LogP contribution in [0.4, 0.5) is 5.82 Å².